The molecule has 1 atom stereocenters. The van der Waals surface area contributed by atoms with Gasteiger partial charge in [-0.15, -0.1) is 0 Å². The molecule has 0 spiro atoms. The van der Waals surface area contributed by atoms with E-state index in [2.05, 4.69) is 0 Å². The molecule has 0 fully saturated rings. The Morgan fingerprint density at radius 3 is 2.56 bits per heavy atom. The zero-order valence-corrected chi connectivity index (χ0v) is 6.10. The Balaban J connectivity index is 3.42. The molecular formula is C5H9NO2S. The van der Waals surface area contributed by atoms with Crippen LogP contribution in [0.4, 0.5) is 0 Å². The lowest BCUT2D eigenvalue weighted by Crippen LogP contribution is -1.95. The summed E-state index contributed by atoms with van der Waals surface area (Å²) in [6, 6.07) is 1.95. The first kappa shape index (κ1) is 8.44. The summed E-state index contributed by atoms with van der Waals surface area (Å²) in [5, 5.41) is 8.20. The van der Waals surface area contributed by atoms with Gasteiger partial charge in [-0.25, -0.2) is 8.42 Å². The van der Waals surface area contributed by atoms with Crippen molar-refractivity contribution in [3.63, 3.8) is 0 Å². The van der Waals surface area contributed by atoms with E-state index < -0.39 is 10.7 Å². The normalized spacial score (nSPS) is 13.0. The van der Waals surface area contributed by atoms with Crippen LogP contribution >= 0.6 is 0 Å². The van der Waals surface area contributed by atoms with Gasteiger partial charge in [0.1, 0.15) is 10.7 Å². The van der Waals surface area contributed by atoms with Gasteiger partial charge in [-0.3, -0.25) is 0 Å². The van der Waals surface area contributed by atoms with Crippen LogP contribution in [0.3, 0.4) is 0 Å². The first-order valence-electron chi connectivity index (χ1n) is 2.68. The fraction of sp³-hybridized carbons (Fsp3) is 0.800. The van der Waals surface area contributed by atoms with E-state index in [0.717, 1.165) is 0 Å². The Morgan fingerprint density at radius 1 is 1.67 bits per heavy atom. The van der Waals surface area contributed by atoms with Crippen molar-refractivity contribution in [2.75, 3.05) is 5.75 Å². The summed E-state index contributed by atoms with van der Waals surface area (Å²) in [6.45, 7) is 1.71. The summed E-state index contributed by atoms with van der Waals surface area (Å²) < 4.78 is 19.9. The standard InChI is InChI=1S/C5H9NO2S/c1-5(4-6)2-3-9(7)8/h5,9H,2-3H2,1H3. The maximum Gasteiger partial charge on any atom is 0.140 e. The van der Waals surface area contributed by atoms with Crippen LogP contribution in [0.15, 0.2) is 0 Å². The minimum atomic E-state index is -2.29. The molecule has 4 heteroatoms. The molecule has 1 unspecified atom stereocenters. The van der Waals surface area contributed by atoms with Crippen LogP contribution in [0.5, 0.6) is 0 Å². The average Bonchev–Trinajstić information content (AvgIpc) is 1.83. The minimum Gasteiger partial charge on any atom is -0.232 e. The van der Waals surface area contributed by atoms with Crippen LogP contribution in [0, 0.1) is 17.2 Å². The van der Waals surface area contributed by atoms with E-state index >= 15 is 0 Å². The molecule has 0 rings (SSSR count). The highest BCUT2D eigenvalue weighted by atomic mass is 32.2. The van der Waals surface area contributed by atoms with Crippen LogP contribution in [0.1, 0.15) is 13.3 Å². The van der Waals surface area contributed by atoms with Crippen molar-refractivity contribution in [1.29, 1.82) is 5.26 Å². The van der Waals surface area contributed by atoms with Gasteiger partial charge in [-0.05, 0) is 13.3 Å². The first-order valence-corrected chi connectivity index (χ1v) is 4.04. The average molecular weight is 147 g/mol. The molecule has 52 valence electrons. The Kier molecular flexibility index (Phi) is 4.06. The Hall–Kier alpha value is -0.560. The predicted octanol–water partition coefficient (Wildman–Crippen LogP) is 0.148. The zero-order chi connectivity index (χ0) is 7.28. The number of nitriles is 1. The molecule has 0 N–H and O–H groups in total. The molecule has 0 aliphatic carbocycles. The van der Waals surface area contributed by atoms with E-state index in [1.54, 1.807) is 6.92 Å². The van der Waals surface area contributed by atoms with Crippen LogP contribution in [-0.4, -0.2) is 14.2 Å². The smallest absolute Gasteiger partial charge is 0.140 e. The van der Waals surface area contributed by atoms with E-state index in [0.29, 0.717) is 6.42 Å². The van der Waals surface area contributed by atoms with Gasteiger partial charge >= 0.3 is 0 Å². The van der Waals surface area contributed by atoms with Crippen LogP contribution in [0.25, 0.3) is 0 Å². The fourth-order valence-electron chi connectivity index (χ4n) is 0.364. The fourth-order valence-corrected chi connectivity index (χ4v) is 0.962. The summed E-state index contributed by atoms with van der Waals surface area (Å²) in [6.07, 6.45) is 0.454. The molecule has 0 aromatic rings. The molecule has 0 saturated carbocycles. The lowest BCUT2D eigenvalue weighted by Gasteiger charge is -1.93. The third kappa shape index (κ3) is 5.31. The molecule has 0 aliphatic heterocycles. The van der Waals surface area contributed by atoms with Crippen molar-refractivity contribution in [2.45, 2.75) is 13.3 Å². The van der Waals surface area contributed by atoms with Gasteiger partial charge in [0, 0.05) is 11.7 Å². The molecule has 0 aromatic carbocycles. The molecular weight excluding hydrogens is 138 g/mol. The number of nitrogens with zero attached hydrogens (tertiary/aromatic N) is 1. The summed E-state index contributed by atoms with van der Waals surface area (Å²) in [5.74, 6) is -0.0118. The number of thiol groups is 1. The highest BCUT2D eigenvalue weighted by molar-refractivity contribution is 7.72. The van der Waals surface area contributed by atoms with Crippen molar-refractivity contribution in [3.8, 4) is 6.07 Å². The second-order valence-electron chi connectivity index (χ2n) is 1.88. The van der Waals surface area contributed by atoms with Gasteiger partial charge in [0.15, 0.2) is 0 Å². The Labute approximate surface area is 56.2 Å². The van der Waals surface area contributed by atoms with Crippen LogP contribution in [0.2, 0.25) is 0 Å². The summed E-state index contributed by atoms with van der Waals surface area (Å²) >= 11 is 0. The third-order valence-corrected chi connectivity index (χ3v) is 1.59. The van der Waals surface area contributed by atoms with Crippen molar-refractivity contribution in [2.24, 2.45) is 5.92 Å². The first-order chi connectivity index (χ1) is 4.16. The summed E-state index contributed by atoms with van der Waals surface area (Å²) in [4.78, 5) is 0. The molecule has 0 bridgehead atoms. The second kappa shape index (κ2) is 4.33. The third-order valence-electron chi connectivity index (χ3n) is 0.965. The molecule has 0 saturated heterocycles. The maximum atomic E-state index is 9.95. The van der Waals surface area contributed by atoms with Gasteiger partial charge in [0.25, 0.3) is 0 Å². The molecule has 3 nitrogen and oxygen atoms in total. The molecule has 0 radical (unpaired) electrons. The van der Waals surface area contributed by atoms with E-state index in [9.17, 15) is 8.42 Å². The van der Waals surface area contributed by atoms with E-state index in [1.807, 2.05) is 6.07 Å². The highest BCUT2D eigenvalue weighted by Gasteiger charge is 1.98. The number of hydrogen-bond donors (Lipinski definition) is 1. The van der Waals surface area contributed by atoms with Gasteiger partial charge in [0.05, 0.1) is 6.07 Å². The van der Waals surface area contributed by atoms with Crippen LogP contribution in [-0.2, 0) is 10.7 Å². The van der Waals surface area contributed by atoms with Gasteiger partial charge in [-0.1, -0.05) is 0 Å². The monoisotopic (exact) mass is 147 g/mol. The van der Waals surface area contributed by atoms with Gasteiger partial charge in [0.2, 0.25) is 0 Å². The topological polar surface area (TPSA) is 57.9 Å². The highest BCUT2D eigenvalue weighted by Crippen LogP contribution is 1.97. The molecule has 9 heavy (non-hydrogen) atoms. The van der Waals surface area contributed by atoms with Gasteiger partial charge in [-0.2, -0.15) is 5.26 Å². The summed E-state index contributed by atoms with van der Waals surface area (Å²) in [7, 11) is -2.29. The maximum absolute atomic E-state index is 9.95. The number of rotatable bonds is 3. The molecule has 0 heterocycles. The summed E-state index contributed by atoms with van der Waals surface area (Å²) in [5.41, 5.74) is 0. The van der Waals surface area contributed by atoms with Crippen molar-refractivity contribution < 1.29 is 8.42 Å². The Morgan fingerprint density at radius 2 is 2.22 bits per heavy atom. The molecule has 0 amide bonds. The van der Waals surface area contributed by atoms with Crippen LogP contribution < -0.4 is 0 Å². The lowest BCUT2D eigenvalue weighted by molar-refractivity contribution is 0.605. The van der Waals surface area contributed by atoms with E-state index in [4.69, 9.17) is 5.26 Å². The van der Waals surface area contributed by atoms with Gasteiger partial charge < -0.3 is 0 Å². The minimum absolute atomic E-state index is 0.129. The largest absolute Gasteiger partial charge is 0.232 e. The number of hydrogen-bond acceptors (Lipinski definition) is 3. The molecule has 0 aromatic heterocycles. The van der Waals surface area contributed by atoms with Crippen molar-refractivity contribution in [1.82, 2.24) is 0 Å². The van der Waals surface area contributed by atoms with Crippen molar-refractivity contribution >= 4 is 10.7 Å². The molecule has 0 aliphatic rings. The quantitative estimate of drug-likeness (QED) is 0.578. The zero-order valence-electron chi connectivity index (χ0n) is 5.20. The SMILES string of the molecule is CC(C#N)CC[SH](=O)=O. The van der Waals surface area contributed by atoms with Crippen molar-refractivity contribution in [3.05, 3.63) is 0 Å². The Bertz CT molecular complexity index is 172. The van der Waals surface area contributed by atoms with E-state index in [-0.39, 0.29) is 11.7 Å². The van der Waals surface area contributed by atoms with E-state index in [1.165, 1.54) is 0 Å². The second-order valence-corrected chi connectivity index (χ2v) is 2.99. The predicted molar refractivity (Wildman–Crippen MR) is 34.6 cm³/mol. The lowest BCUT2D eigenvalue weighted by atomic mass is 10.1.